The predicted octanol–water partition coefficient (Wildman–Crippen LogP) is 1.35. The summed E-state index contributed by atoms with van der Waals surface area (Å²) < 4.78 is 2.05. The fourth-order valence-corrected chi connectivity index (χ4v) is 2.29. The van der Waals surface area contributed by atoms with E-state index in [2.05, 4.69) is 33.9 Å². The van der Waals surface area contributed by atoms with Gasteiger partial charge in [0, 0.05) is 43.1 Å². The molecule has 0 amide bonds. The summed E-state index contributed by atoms with van der Waals surface area (Å²) in [5.74, 6) is 0. The maximum absolute atomic E-state index is 4.38. The van der Waals surface area contributed by atoms with E-state index in [1.165, 1.54) is 17.5 Å². The van der Waals surface area contributed by atoms with Crippen molar-refractivity contribution < 1.29 is 0 Å². The van der Waals surface area contributed by atoms with Gasteiger partial charge in [-0.1, -0.05) is 0 Å². The van der Waals surface area contributed by atoms with Crippen molar-refractivity contribution in [3.8, 4) is 0 Å². The zero-order valence-electron chi connectivity index (χ0n) is 9.40. The molecule has 0 aromatic carbocycles. The molecule has 1 fully saturated rings. The molecule has 4 nitrogen and oxygen atoms in total. The Kier molecular flexibility index (Phi) is 2.29. The maximum Gasteiger partial charge on any atom is 0.141 e. The number of hydrogen-bond acceptors (Lipinski definition) is 3. The summed E-state index contributed by atoms with van der Waals surface area (Å²) in [7, 11) is 2.02. The number of anilines is 1. The van der Waals surface area contributed by atoms with Crippen LogP contribution in [-0.2, 0) is 7.05 Å². The Balaban J connectivity index is 1.96. The van der Waals surface area contributed by atoms with E-state index in [4.69, 9.17) is 0 Å². The topological polar surface area (TPSA) is 41.9 Å². The van der Waals surface area contributed by atoms with Gasteiger partial charge in [0.25, 0.3) is 0 Å². The number of aryl methyl sites for hydroxylation is 1. The molecular formula is C12H16N4. The van der Waals surface area contributed by atoms with Crippen LogP contribution in [0.3, 0.4) is 0 Å². The lowest BCUT2D eigenvalue weighted by atomic mass is 10.2. The molecule has 4 heteroatoms. The van der Waals surface area contributed by atoms with Gasteiger partial charge in [0.2, 0.25) is 0 Å². The molecule has 0 radical (unpaired) electrons. The summed E-state index contributed by atoms with van der Waals surface area (Å²) in [5, 5.41) is 8.15. The normalized spacial score (nSPS) is 20.4. The van der Waals surface area contributed by atoms with Crippen LogP contribution in [0.4, 0.5) is 5.69 Å². The second kappa shape index (κ2) is 3.79. The van der Waals surface area contributed by atoms with Crippen LogP contribution in [0.2, 0.25) is 0 Å². The highest BCUT2D eigenvalue weighted by Gasteiger charge is 2.15. The average molecular weight is 216 g/mol. The SMILES string of the molecule is Cn1ccc2c(NC3CCNC3)ccnc21. The third kappa shape index (κ3) is 1.55. The molecule has 1 atom stereocenters. The van der Waals surface area contributed by atoms with E-state index in [0.717, 1.165) is 18.7 Å². The molecule has 1 unspecified atom stereocenters. The number of nitrogens with one attached hydrogen (secondary N) is 2. The first-order chi connectivity index (χ1) is 7.84. The lowest BCUT2D eigenvalue weighted by Crippen LogP contribution is -2.22. The molecule has 3 heterocycles. The summed E-state index contributed by atoms with van der Waals surface area (Å²) in [6.07, 6.45) is 5.11. The van der Waals surface area contributed by atoms with Gasteiger partial charge in [0.1, 0.15) is 5.65 Å². The number of rotatable bonds is 2. The van der Waals surface area contributed by atoms with Gasteiger partial charge < -0.3 is 15.2 Å². The molecule has 0 bridgehead atoms. The van der Waals surface area contributed by atoms with Gasteiger partial charge in [0.05, 0.1) is 0 Å². The number of hydrogen-bond donors (Lipinski definition) is 2. The van der Waals surface area contributed by atoms with Crippen molar-refractivity contribution >= 4 is 16.7 Å². The molecular weight excluding hydrogens is 200 g/mol. The first-order valence-corrected chi connectivity index (χ1v) is 5.72. The van der Waals surface area contributed by atoms with E-state index >= 15 is 0 Å². The fraction of sp³-hybridized carbons (Fsp3) is 0.417. The van der Waals surface area contributed by atoms with E-state index in [9.17, 15) is 0 Å². The van der Waals surface area contributed by atoms with Gasteiger partial charge in [-0.2, -0.15) is 0 Å². The van der Waals surface area contributed by atoms with E-state index in [1.54, 1.807) is 0 Å². The monoisotopic (exact) mass is 216 g/mol. The second-order valence-electron chi connectivity index (χ2n) is 4.36. The van der Waals surface area contributed by atoms with Crippen molar-refractivity contribution in [2.45, 2.75) is 12.5 Å². The maximum atomic E-state index is 4.38. The molecule has 0 aliphatic carbocycles. The summed E-state index contributed by atoms with van der Waals surface area (Å²) >= 11 is 0. The first-order valence-electron chi connectivity index (χ1n) is 5.72. The zero-order valence-corrected chi connectivity index (χ0v) is 9.40. The fourth-order valence-electron chi connectivity index (χ4n) is 2.29. The minimum Gasteiger partial charge on any atom is -0.380 e. The Morgan fingerprint density at radius 3 is 3.25 bits per heavy atom. The Bertz CT molecular complexity index is 497. The molecule has 0 saturated carbocycles. The zero-order chi connectivity index (χ0) is 11.0. The van der Waals surface area contributed by atoms with Crippen molar-refractivity contribution in [2.24, 2.45) is 7.05 Å². The highest BCUT2D eigenvalue weighted by Crippen LogP contribution is 2.23. The minimum atomic E-state index is 0.547. The molecule has 16 heavy (non-hydrogen) atoms. The van der Waals surface area contributed by atoms with Crippen LogP contribution in [0, 0.1) is 0 Å². The van der Waals surface area contributed by atoms with Gasteiger partial charge in [-0.3, -0.25) is 0 Å². The third-order valence-electron chi connectivity index (χ3n) is 3.19. The number of nitrogens with zero attached hydrogens (tertiary/aromatic N) is 2. The summed E-state index contributed by atoms with van der Waals surface area (Å²) in [4.78, 5) is 4.38. The van der Waals surface area contributed by atoms with Crippen LogP contribution >= 0.6 is 0 Å². The Morgan fingerprint density at radius 1 is 1.50 bits per heavy atom. The van der Waals surface area contributed by atoms with Gasteiger partial charge in [0.15, 0.2) is 0 Å². The lowest BCUT2D eigenvalue weighted by Gasteiger charge is -2.13. The highest BCUT2D eigenvalue weighted by atomic mass is 15.0. The molecule has 1 aliphatic heterocycles. The number of pyridine rings is 1. The van der Waals surface area contributed by atoms with Crippen molar-refractivity contribution in [2.75, 3.05) is 18.4 Å². The minimum absolute atomic E-state index is 0.547. The first kappa shape index (κ1) is 9.66. The largest absolute Gasteiger partial charge is 0.380 e. The molecule has 1 saturated heterocycles. The van der Waals surface area contributed by atoms with E-state index in [1.807, 2.05) is 17.8 Å². The second-order valence-corrected chi connectivity index (χ2v) is 4.36. The highest BCUT2D eigenvalue weighted by molar-refractivity contribution is 5.89. The van der Waals surface area contributed by atoms with E-state index in [0.29, 0.717) is 6.04 Å². The van der Waals surface area contributed by atoms with Gasteiger partial charge >= 0.3 is 0 Å². The molecule has 84 valence electrons. The molecule has 1 aliphatic rings. The predicted molar refractivity (Wildman–Crippen MR) is 65.6 cm³/mol. The van der Waals surface area contributed by atoms with Crippen molar-refractivity contribution in [3.63, 3.8) is 0 Å². The Labute approximate surface area is 94.7 Å². The Hall–Kier alpha value is -1.55. The molecule has 2 N–H and O–H groups in total. The number of fused-ring (bicyclic) bond motifs is 1. The van der Waals surface area contributed by atoms with Crippen molar-refractivity contribution in [3.05, 3.63) is 24.5 Å². The third-order valence-corrected chi connectivity index (χ3v) is 3.19. The van der Waals surface area contributed by atoms with Crippen LogP contribution in [0.15, 0.2) is 24.5 Å². The van der Waals surface area contributed by atoms with Crippen LogP contribution in [-0.4, -0.2) is 28.7 Å². The van der Waals surface area contributed by atoms with Gasteiger partial charge in [-0.25, -0.2) is 4.98 Å². The van der Waals surface area contributed by atoms with E-state index < -0.39 is 0 Å². The molecule has 2 aromatic rings. The number of aromatic nitrogens is 2. The van der Waals surface area contributed by atoms with E-state index in [-0.39, 0.29) is 0 Å². The average Bonchev–Trinajstić information content (AvgIpc) is 2.90. The van der Waals surface area contributed by atoms with Gasteiger partial charge in [-0.15, -0.1) is 0 Å². The summed E-state index contributed by atoms with van der Waals surface area (Å²) in [6.45, 7) is 2.16. The molecule has 2 aromatic heterocycles. The molecule has 0 spiro atoms. The van der Waals surface area contributed by atoms with Crippen molar-refractivity contribution in [1.82, 2.24) is 14.9 Å². The summed E-state index contributed by atoms with van der Waals surface area (Å²) in [6, 6.07) is 4.72. The van der Waals surface area contributed by atoms with Crippen LogP contribution in [0.1, 0.15) is 6.42 Å². The lowest BCUT2D eigenvalue weighted by molar-refractivity contribution is 0.794. The van der Waals surface area contributed by atoms with Crippen LogP contribution in [0.25, 0.3) is 11.0 Å². The van der Waals surface area contributed by atoms with Gasteiger partial charge in [-0.05, 0) is 25.1 Å². The molecule has 3 rings (SSSR count). The van der Waals surface area contributed by atoms with Crippen molar-refractivity contribution in [1.29, 1.82) is 0 Å². The quantitative estimate of drug-likeness (QED) is 0.796. The standard InChI is InChI=1S/C12H16N4/c1-16-7-4-10-11(3-6-14-12(10)16)15-9-2-5-13-8-9/h3-4,6-7,9,13H,2,5,8H2,1H3,(H,14,15). The van der Waals surface area contributed by atoms with Crippen LogP contribution in [0.5, 0.6) is 0 Å². The van der Waals surface area contributed by atoms with Crippen LogP contribution < -0.4 is 10.6 Å². The smallest absolute Gasteiger partial charge is 0.141 e. The summed E-state index contributed by atoms with van der Waals surface area (Å²) in [5.41, 5.74) is 2.23. The Morgan fingerprint density at radius 2 is 2.44 bits per heavy atom.